The largest absolute Gasteiger partial charge is 0.353 e. The normalized spacial score (nSPS) is 15.0. The zero-order chi connectivity index (χ0) is 15.8. The van der Waals surface area contributed by atoms with Crippen molar-refractivity contribution in [3.63, 3.8) is 0 Å². The molecule has 1 saturated carbocycles. The lowest BCUT2D eigenvalue weighted by Gasteiger charge is -2.11. The molecule has 1 aromatic rings. The van der Waals surface area contributed by atoms with E-state index in [1.807, 2.05) is 24.3 Å². The van der Waals surface area contributed by atoms with Crippen molar-refractivity contribution in [1.82, 2.24) is 5.32 Å². The highest BCUT2D eigenvalue weighted by Gasteiger charge is 2.16. The minimum atomic E-state index is 0.111. The fraction of sp³-hybridized carbons (Fsp3) is 0.556. The Morgan fingerprint density at radius 3 is 2.50 bits per heavy atom. The lowest BCUT2D eigenvalue weighted by atomic mass is 10.1. The molecule has 0 unspecified atom stereocenters. The SMILES string of the molecule is CCCCC(=O)c1ccc(SCC(=O)NC2CCCC2)cc1. The molecule has 0 spiro atoms. The number of rotatable bonds is 8. The number of thioether (sulfide) groups is 1. The minimum absolute atomic E-state index is 0.111. The van der Waals surface area contributed by atoms with E-state index in [1.165, 1.54) is 24.6 Å². The first-order valence-corrected chi connectivity index (χ1v) is 9.23. The van der Waals surface area contributed by atoms with Gasteiger partial charge in [0.25, 0.3) is 0 Å². The molecule has 0 aliphatic heterocycles. The molecule has 1 aliphatic rings. The predicted molar refractivity (Wildman–Crippen MR) is 91.4 cm³/mol. The van der Waals surface area contributed by atoms with E-state index in [0.29, 0.717) is 18.2 Å². The van der Waals surface area contributed by atoms with Crippen LogP contribution < -0.4 is 5.32 Å². The van der Waals surface area contributed by atoms with E-state index in [-0.39, 0.29) is 11.7 Å². The highest BCUT2D eigenvalue weighted by molar-refractivity contribution is 8.00. The zero-order valence-electron chi connectivity index (χ0n) is 13.3. The van der Waals surface area contributed by atoms with E-state index in [9.17, 15) is 9.59 Å². The summed E-state index contributed by atoms with van der Waals surface area (Å²) in [5, 5.41) is 3.09. The molecule has 1 aliphatic carbocycles. The van der Waals surface area contributed by atoms with Gasteiger partial charge in [0.15, 0.2) is 5.78 Å². The number of Topliss-reactive ketones (excluding diaryl/α,β-unsaturated/α-hetero) is 1. The molecule has 0 heterocycles. The first kappa shape index (κ1) is 17.1. The van der Waals surface area contributed by atoms with Gasteiger partial charge < -0.3 is 5.32 Å². The van der Waals surface area contributed by atoms with Crippen LogP contribution in [0.5, 0.6) is 0 Å². The summed E-state index contributed by atoms with van der Waals surface area (Å²) in [4.78, 5) is 24.8. The van der Waals surface area contributed by atoms with Gasteiger partial charge in [0.2, 0.25) is 5.91 Å². The van der Waals surface area contributed by atoms with Crippen molar-refractivity contribution < 1.29 is 9.59 Å². The number of hydrogen-bond donors (Lipinski definition) is 1. The van der Waals surface area contributed by atoms with E-state index in [0.717, 1.165) is 36.1 Å². The molecule has 2 rings (SSSR count). The average molecular weight is 319 g/mol. The van der Waals surface area contributed by atoms with Crippen molar-refractivity contribution in [3.05, 3.63) is 29.8 Å². The van der Waals surface area contributed by atoms with Crippen molar-refractivity contribution in [1.29, 1.82) is 0 Å². The standard InChI is InChI=1S/C18H25NO2S/c1-2-3-8-17(20)14-9-11-16(12-10-14)22-13-18(21)19-15-6-4-5-7-15/h9-12,15H,2-8,13H2,1H3,(H,19,21). The van der Waals surface area contributed by atoms with E-state index < -0.39 is 0 Å². The highest BCUT2D eigenvalue weighted by atomic mass is 32.2. The van der Waals surface area contributed by atoms with Gasteiger partial charge in [0.1, 0.15) is 0 Å². The van der Waals surface area contributed by atoms with Gasteiger partial charge in [-0.2, -0.15) is 0 Å². The summed E-state index contributed by atoms with van der Waals surface area (Å²) >= 11 is 1.53. The summed E-state index contributed by atoms with van der Waals surface area (Å²) in [6.07, 6.45) is 7.28. The average Bonchev–Trinajstić information content (AvgIpc) is 3.04. The summed E-state index contributed by atoms with van der Waals surface area (Å²) < 4.78 is 0. The summed E-state index contributed by atoms with van der Waals surface area (Å²) in [7, 11) is 0. The monoisotopic (exact) mass is 319 g/mol. The Hall–Kier alpha value is -1.29. The van der Waals surface area contributed by atoms with E-state index >= 15 is 0 Å². The summed E-state index contributed by atoms with van der Waals surface area (Å²) in [6.45, 7) is 2.09. The van der Waals surface area contributed by atoms with Crippen LogP contribution in [0, 0.1) is 0 Å². The van der Waals surface area contributed by atoms with E-state index in [2.05, 4.69) is 12.2 Å². The van der Waals surface area contributed by atoms with Crippen LogP contribution in [0.15, 0.2) is 29.2 Å². The number of carbonyl (C=O) groups excluding carboxylic acids is 2. The van der Waals surface area contributed by atoms with Crippen LogP contribution in [0.2, 0.25) is 0 Å². The first-order chi connectivity index (χ1) is 10.7. The van der Waals surface area contributed by atoms with Crippen LogP contribution in [0.3, 0.4) is 0 Å². The minimum Gasteiger partial charge on any atom is -0.353 e. The van der Waals surface area contributed by atoms with Gasteiger partial charge in [-0.3, -0.25) is 9.59 Å². The van der Waals surface area contributed by atoms with E-state index in [1.54, 1.807) is 0 Å². The van der Waals surface area contributed by atoms with Gasteiger partial charge in [-0.15, -0.1) is 11.8 Å². The molecule has 0 atom stereocenters. The number of benzene rings is 1. The summed E-state index contributed by atoms with van der Waals surface area (Å²) in [6, 6.07) is 8.00. The summed E-state index contributed by atoms with van der Waals surface area (Å²) in [5.41, 5.74) is 0.771. The fourth-order valence-electron chi connectivity index (χ4n) is 2.71. The lowest BCUT2D eigenvalue weighted by molar-refractivity contribution is -0.119. The maximum absolute atomic E-state index is 11.9. The Morgan fingerprint density at radius 1 is 1.18 bits per heavy atom. The Kier molecular flexibility index (Phi) is 6.97. The molecule has 22 heavy (non-hydrogen) atoms. The van der Waals surface area contributed by atoms with Crippen LogP contribution in [-0.2, 0) is 4.79 Å². The topological polar surface area (TPSA) is 46.2 Å². The maximum Gasteiger partial charge on any atom is 0.230 e. The third-order valence-corrected chi connectivity index (χ3v) is 5.04. The molecule has 0 saturated heterocycles. The van der Waals surface area contributed by atoms with Crippen LogP contribution in [0.25, 0.3) is 0 Å². The number of ketones is 1. The quantitative estimate of drug-likeness (QED) is 0.577. The molecular formula is C18H25NO2S. The van der Waals surface area contributed by atoms with Gasteiger partial charge in [-0.25, -0.2) is 0 Å². The second-order valence-corrected chi connectivity index (χ2v) is 6.94. The Labute approximate surface area is 137 Å². The van der Waals surface area contributed by atoms with Crippen molar-refractivity contribution in [2.45, 2.75) is 62.8 Å². The lowest BCUT2D eigenvalue weighted by Crippen LogP contribution is -2.33. The molecule has 4 heteroatoms. The summed E-state index contributed by atoms with van der Waals surface area (Å²) in [5.74, 6) is 0.761. The van der Waals surface area contributed by atoms with Crippen molar-refractivity contribution >= 4 is 23.5 Å². The van der Waals surface area contributed by atoms with Gasteiger partial charge >= 0.3 is 0 Å². The number of carbonyl (C=O) groups is 2. The van der Waals surface area contributed by atoms with Gasteiger partial charge in [-0.05, 0) is 31.4 Å². The van der Waals surface area contributed by atoms with Gasteiger partial charge in [0.05, 0.1) is 5.75 Å². The van der Waals surface area contributed by atoms with Crippen molar-refractivity contribution in [2.75, 3.05) is 5.75 Å². The molecule has 1 amide bonds. The van der Waals surface area contributed by atoms with Crippen LogP contribution in [0.4, 0.5) is 0 Å². The molecule has 3 nitrogen and oxygen atoms in total. The molecule has 1 N–H and O–H groups in total. The van der Waals surface area contributed by atoms with Crippen molar-refractivity contribution in [2.24, 2.45) is 0 Å². The smallest absolute Gasteiger partial charge is 0.230 e. The Morgan fingerprint density at radius 2 is 1.86 bits per heavy atom. The molecular weight excluding hydrogens is 294 g/mol. The number of unbranched alkanes of at least 4 members (excludes halogenated alkanes) is 1. The second kappa shape index (κ2) is 8.99. The Bertz CT molecular complexity index is 492. The predicted octanol–water partition coefficient (Wildman–Crippen LogP) is 4.21. The van der Waals surface area contributed by atoms with Crippen molar-refractivity contribution in [3.8, 4) is 0 Å². The van der Waals surface area contributed by atoms with Crippen LogP contribution >= 0.6 is 11.8 Å². The highest BCUT2D eigenvalue weighted by Crippen LogP contribution is 2.21. The second-order valence-electron chi connectivity index (χ2n) is 5.89. The third kappa shape index (κ3) is 5.48. The fourth-order valence-corrected chi connectivity index (χ4v) is 3.42. The van der Waals surface area contributed by atoms with E-state index in [4.69, 9.17) is 0 Å². The van der Waals surface area contributed by atoms with Crippen LogP contribution in [0.1, 0.15) is 62.2 Å². The Balaban J connectivity index is 1.75. The molecule has 1 fully saturated rings. The van der Waals surface area contributed by atoms with Crippen LogP contribution in [-0.4, -0.2) is 23.5 Å². The maximum atomic E-state index is 11.9. The van der Waals surface area contributed by atoms with Gasteiger partial charge in [-0.1, -0.05) is 38.3 Å². The molecule has 0 aromatic heterocycles. The molecule has 1 aromatic carbocycles. The third-order valence-electron chi connectivity index (χ3n) is 4.02. The zero-order valence-corrected chi connectivity index (χ0v) is 14.1. The number of hydrogen-bond acceptors (Lipinski definition) is 3. The number of nitrogens with one attached hydrogen (secondary N) is 1. The molecule has 0 radical (unpaired) electrons. The van der Waals surface area contributed by atoms with Gasteiger partial charge in [0, 0.05) is 22.9 Å². The first-order valence-electron chi connectivity index (χ1n) is 8.24. The molecule has 0 bridgehead atoms. The molecule has 120 valence electrons. The number of amides is 1.